The Kier molecular flexibility index (Phi) is 7.70. The van der Waals surface area contributed by atoms with E-state index < -0.39 is 0 Å². The van der Waals surface area contributed by atoms with Gasteiger partial charge in [-0.3, -0.25) is 4.99 Å². The lowest BCUT2D eigenvalue weighted by Crippen LogP contribution is -2.39. The van der Waals surface area contributed by atoms with E-state index in [1.54, 1.807) is 18.8 Å². The number of ether oxygens (including phenoxy) is 1. The zero-order chi connectivity index (χ0) is 22.9. The molecule has 8 nitrogen and oxygen atoms in total. The lowest BCUT2D eigenvalue weighted by molar-refractivity contribution is 0.396. The minimum Gasteiger partial charge on any atom is -0.496 e. The number of nitrogens with zero attached hydrogens (tertiary/aromatic N) is 5. The van der Waals surface area contributed by atoms with Crippen LogP contribution in [0.5, 0.6) is 5.75 Å². The maximum Gasteiger partial charge on any atom is 0.193 e. The van der Waals surface area contributed by atoms with Crippen LogP contribution in [0.2, 0.25) is 0 Å². The van der Waals surface area contributed by atoms with Crippen LogP contribution in [0, 0.1) is 11.3 Å². The van der Waals surface area contributed by atoms with Crippen LogP contribution in [-0.2, 0) is 13.0 Å². The average Bonchev–Trinajstić information content (AvgIpc) is 3.15. The summed E-state index contributed by atoms with van der Waals surface area (Å²) >= 11 is 0. The van der Waals surface area contributed by atoms with E-state index in [4.69, 9.17) is 10.5 Å². The van der Waals surface area contributed by atoms with Gasteiger partial charge in [0.15, 0.2) is 5.96 Å². The van der Waals surface area contributed by atoms with Crippen LogP contribution in [-0.4, -0.2) is 48.4 Å². The molecular weight excluding hydrogens is 402 g/mol. The number of para-hydroxylation sites is 2. The van der Waals surface area contributed by atoms with E-state index in [2.05, 4.69) is 21.5 Å². The van der Waals surface area contributed by atoms with Gasteiger partial charge in [0, 0.05) is 32.7 Å². The van der Waals surface area contributed by atoms with E-state index in [0.717, 1.165) is 29.4 Å². The minimum atomic E-state index is 0.369. The van der Waals surface area contributed by atoms with Crippen molar-refractivity contribution >= 4 is 11.8 Å². The summed E-state index contributed by atoms with van der Waals surface area (Å²) in [5.74, 6) is 2.00. The van der Waals surface area contributed by atoms with Crippen molar-refractivity contribution in [3.8, 4) is 17.5 Å². The van der Waals surface area contributed by atoms with Crippen LogP contribution in [0.15, 0.2) is 59.6 Å². The molecule has 0 aliphatic rings. The second-order valence-electron chi connectivity index (χ2n) is 7.31. The van der Waals surface area contributed by atoms with Crippen molar-refractivity contribution in [2.75, 3.05) is 33.5 Å². The van der Waals surface area contributed by atoms with Crippen molar-refractivity contribution in [2.24, 2.45) is 4.99 Å². The smallest absolute Gasteiger partial charge is 0.193 e. The Morgan fingerprint density at radius 3 is 2.62 bits per heavy atom. The van der Waals surface area contributed by atoms with E-state index in [1.807, 2.05) is 66.5 Å². The maximum atomic E-state index is 9.56. The molecule has 0 aliphatic carbocycles. The summed E-state index contributed by atoms with van der Waals surface area (Å²) in [6, 6.07) is 19.7. The van der Waals surface area contributed by atoms with Crippen LogP contribution >= 0.6 is 0 Å². The van der Waals surface area contributed by atoms with Crippen molar-refractivity contribution in [1.82, 2.24) is 20.0 Å². The molecule has 0 aliphatic heterocycles. The van der Waals surface area contributed by atoms with Gasteiger partial charge in [0.1, 0.15) is 23.2 Å². The number of aliphatic imine (C=N–C) groups is 1. The number of nitriles is 1. The highest BCUT2D eigenvalue weighted by atomic mass is 16.5. The molecule has 2 aromatic carbocycles. The van der Waals surface area contributed by atoms with Gasteiger partial charge in [-0.05, 0) is 31.0 Å². The molecule has 0 bridgehead atoms. The van der Waals surface area contributed by atoms with Gasteiger partial charge >= 0.3 is 0 Å². The number of aromatic nitrogens is 2. The Bertz CT molecular complexity index is 1100. The first kappa shape index (κ1) is 22.7. The Morgan fingerprint density at radius 2 is 1.94 bits per heavy atom. The SMILES string of the molecule is CN=C(NCCCc1nn(-c2ccccc2)c(N)c1C#N)N(C)Cc1ccccc1OC. The molecule has 0 radical (unpaired) electrons. The zero-order valence-electron chi connectivity index (χ0n) is 18.7. The Balaban J connectivity index is 1.59. The second-order valence-corrected chi connectivity index (χ2v) is 7.31. The van der Waals surface area contributed by atoms with Crippen LogP contribution in [0.1, 0.15) is 23.2 Å². The molecular formula is C24H29N7O. The van der Waals surface area contributed by atoms with Gasteiger partial charge < -0.3 is 20.7 Å². The number of nitrogen functional groups attached to an aromatic ring is 1. The number of nitrogens with one attached hydrogen (secondary N) is 1. The summed E-state index contributed by atoms with van der Waals surface area (Å²) in [4.78, 5) is 6.42. The molecule has 0 amide bonds. The highest BCUT2D eigenvalue weighted by Gasteiger charge is 2.16. The van der Waals surface area contributed by atoms with Gasteiger partial charge in [0.2, 0.25) is 0 Å². The topological polar surface area (TPSA) is 104 Å². The molecule has 0 atom stereocenters. The molecule has 166 valence electrons. The van der Waals surface area contributed by atoms with Gasteiger partial charge in [0.05, 0.1) is 18.5 Å². The van der Waals surface area contributed by atoms with Gasteiger partial charge in [-0.2, -0.15) is 10.4 Å². The highest BCUT2D eigenvalue weighted by Crippen LogP contribution is 2.21. The summed E-state index contributed by atoms with van der Waals surface area (Å²) in [6.07, 6.45) is 1.41. The van der Waals surface area contributed by atoms with Gasteiger partial charge in [-0.25, -0.2) is 4.68 Å². The quantitative estimate of drug-likeness (QED) is 0.323. The molecule has 3 N–H and O–H groups in total. The first-order valence-electron chi connectivity index (χ1n) is 10.5. The Labute approximate surface area is 188 Å². The van der Waals surface area contributed by atoms with E-state index in [-0.39, 0.29) is 0 Å². The van der Waals surface area contributed by atoms with E-state index in [0.29, 0.717) is 36.6 Å². The lowest BCUT2D eigenvalue weighted by Gasteiger charge is -2.23. The standard InChI is InChI=1S/C24H29N7O/c1-27-24(30(2)17-18-10-7-8-14-22(18)32-3)28-15-9-13-21-20(16-25)23(26)31(29-21)19-11-5-4-6-12-19/h4-8,10-12,14H,9,13,15,17,26H2,1-3H3,(H,27,28). The van der Waals surface area contributed by atoms with Crippen molar-refractivity contribution in [3.63, 3.8) is 0 Å². The number of benzene rings is 2. The number of anilines is 1. The number of hydrogen-bond acceptors (Lipinski definition) is 5. The monoisotopic (exact) mass is 431 g/mol. The third-order valence-electron chi connectivity index (χ3n) is 5.15. The summed E-state index contributed by atoms with van der Waals surface area (Å²) in [5, 5.41) is 17.5. The molecule has 0 spiro atoms. The zero-order valence-corrected chi connectivity index (χ0v) is 18.7. The minimum absolute atomic E-state index is 0.369. The van der Waals surface area contributed by atoms with E-state index in [9.17, 15) is 5.26 Å². The van der Waals surface area contributed by atoms with E-state index in [1.165, 1.54) is 0 Å². The van der Waals surface area contributed by atoms with Crippen LogP contribution in [0.25, 0.3) is 5.69 Å². The number of nitrogens with two attached hydrogens (primary N) is 1. The summed E-state index contributed by atoms with van der Waals surface area (Å²) in [5.41, 5.74) is 9.24. The molecule has 1 aromatic heterocycles. The number of methoxy groups -OCH3 is 1. The largest absolute Gasteiger partial charge is 0.496 e. The number of guanidine groups is 1. The van der Waals surface area contributed by atoms with Crippen LogP contribution < -0.4 is 15.8 Å². The fourth-order valence-electron chi connectivity index (χ4n) is 3.55. The summed E-state index contributed by atoms with van der Waals surface area (Å²) in [7, 11) is 5.42. The third kappa shape index (κ3) is 5.19. The predicted molar refractivity (Wildman–Crippen MR) is 127 cm³/mol. The molecule has 1 heterocycles. The first-order valence-corrected chi connectivity index (χ1v) is 10.5. The molecule has 0 fully saturated rings. The van der Waals surface area contributed by atoms with Crippen LogP contribution in [0.3, 0.4) is 0 Å². The molecule has 0 saturated heterocycles. The fourth-order valence-corrected chi connectivity index (χ4v) is 3.55. The molecule has 8 heteroatoms. The van der Waals surface area contributed by atoms with Crippen LogP contribution in [0.4, 0.5) is 5.82 Å². The Morgan fingerprint density at radius 1 is 1.22 bits per heavy atom. The normalized spacial score (nSPS) is 11.1. The predicted octanol–water partition coefficient (Wildman–Crippen LogP) is 2.97. The number of hydrogen-bond donors (Lipinski definition) is 2. The number of aryl methyl sites for hydroxylation is 1. The maximum absolute atomic E-state index is 9.56. The third-order valence-corrected chi connectivity index (χ3v) is 5.15. The molecule has 32 heavy (non-hydrogen) atoms. The lowest BCUT2D eigenvalue weighted by atomic mass is 10.1. The van der Waals surface area contributed by atoms with Crippen molar-refractivity contribution in [3.05, 3.63) is 71.4 Å². The fraction of sp³-hybridized carbons (Fsp3) is 0.292. The van der Waals surface area contributed by atoms with E-state index >= 15 is 0 Å². The molecule has 3 rings (SSSR count). The summed E-state index contributed by atoms with van der Waals surface area (Å²) in [6.45, 7) is 1.35. The number of rotatable bonds is 8. The van der Waals surface area contributed by atoms with Crippen molar-refractivity contribution < 1.29 is 4.74 Å². The van der Waals surface area contributed by atoms with Gasteiger partial charge in [-0.15, -0.1) is 0 Å². The van der Waals surface area contributed by atoms with Gasteiger partial charge in [-0.1, -0.05) is 36.4 Å². The first-order chi connectivity index (χ1) is 15.6. The highest BCUT2D eigenvalue weighted by molar-refractivity contribution is 5.79. The summed E-state index contributed by atoms with van der Waals surface area (Å²) < 4.78 is 7.07. The second kappa shape index (κ2) is 10.9. The average molecular weight is 432 g/mol. The van der Waals surface area contributed by atoms with Crippen molar-refractivity contribution in [2.45, 2.75) is 19.4 Å². The van der Waals surface area contributed by atoms with Crippen molar-refractivity contribution in [1.29, 1.82) is 5.26 Å². The molecule has 0 unspecified atom stereocenters. The Hall–Kier alpha value is -3.99. The van der Waals surface area contributed by atoms with Gasteiger partial charge in [0.25, 0.3) is 0 Å². The molecule has 3 aromatic rings. The molecule has 0 saturated carbocycles.